The molecule has 1 aliphatic rings. The molecule has 8 heteroatoms. The van der Waals surface area contributed by atoms with E-state index in [1.807, 2.05) is 0 Å². The number of aliphatic hydroxyl groups excluding tert-OH is 1. The van der Waals surface area contributed by atoms with Crippen molar-refractivity contribution in [2.24, 2.45) is 11.7 Å². The van der Waals surface area contributed by atoms with Crippen LogP contribution in [0.3, 0.4) is 0 Å². The van der Waals surface area contributed by atoms with Crippen molar-refractivity contribution in [1.29, 1.82) is 0 Å². The van der Waals surface area contributed by atoms with Gasteiger partial charge in [-0.2, -0.15) is 0 Å². The van der Waals surface area contributed by atoms with Gasteiger partial charge < -0.3 is 30.2 Å². The lowest BCUT2D eigenvalue weighted by Crippen LogP contribution is -2.42. The molecule has 2 rings (SSSR count). The number of carbonyl (C=O) groups excluding carboxylic acids is 1. The van der Waals surface area contributed by atoms with E-state index in [0.29, 0.717) is 11.3 Å². The molecule has 0 radical (unpaired) electrons. The van der Waals surface area contributed by atoms with Gasteiger partial charge in [0.05, 0.1) is 12.0 Å². The monoisotopic (exact) mass is 367 g/mol. The molecule has 0 bridgehead atoms. The van der Waals surface area contributed by atoms with Crippen LogP contribution < -0.4 is 10.5 Å². The topological polar surface area (TPSA) is 128 Å². The quantitative estimate of drug-likeness (QED) is 0.613. The fraction of sp³-hybridized carbons (Fsp3) is 0.556. The van der Waals surface area contributed by atoms with Crippen molar-refractivity contribution in [3.63, 3.8) is 0 Å². The molecule has 3 atom stereocenters. The van der Waals surface area contributed by atoms with Crippen molar-refractivity contribution >= 4 is 11.9 Å². The second-order valence-electron chi connectivity index (χ2n) is 6.54. The van der Waals surface area contributed by atoms with Crippen LogP contribution in [0, 0.1) is 5.92 Å². The number of rotatable bonds is 7. The summed E-state index contributed by atoms with van der Waals surface area (Å²) in [4.78, 5) is 22.6. The Kier molecular flexibility index (Phi) is 6.96. The Morgan fingerprint density at radius 2 is 2.08 bits per heavy atom. The van der Waals surface area contributed by atoms with Gasteiger partial charge in [-0.05, 0) is 17.7 Å². The van der Waals surface area contributed by atoms with Gasteiger partial charge in [-0.1, -0.05) is 19.9 Å². The Hall–Kier alpha value is -2.16. The summed E-state index contributed by atoms with van der Waals surface area (Å²) in [7, 11) is 0. The van der Waals surface area contributed by atoms with E-state index in [1.165, 1.54) is 0 Å². The van der Waals surface area contributed by atoms with Crippen molar-refractivity contribution in [2.45, 2.75) is 58.3 Å². The first-order valence-electron chi connectivity index (χ1n) is 8.51. The molecular formula is C18H25NO7. The lowest BCUT2D eigenvalue weighted by Gasteiger charge is -2.31. The third-order valence-electron chi connectivity index (χ3n) is 4.00. The molecule has 1 aromatic carbocycles. The Balaban J connectivity index is 2.05. The summed E-state index contributed by atoms with van der Waals surface area (Å²) in [5.74, 6) is -1.19. The maximum absolute atomic E-state index is 11.6. The molecule has 3 unspecified atom stereocenters. The Morgan fingerprint density at radius 3 is 2.69 bits per heavy atom. The standard InChI is InChI=1S/C18H25NO7/c1-10(2)18(23)24-9-11-3-4-14(12(5-11)8-19)25-16-7-13(20)6-15(26-16)17(21)22/h3-5,10,13,15-16,20H,6-9,19H2,1-2H3,(H,21,22). The first-order chi connectivity index (χ1) is 12.3. The minimum absolute atomic E-state index is 0.0269. The van der Waals surface area contributed by atoms with E-state index in [4.69, 9.17) is 25.1 Å². The van der Waals surface area contributed by atoms with E-state index in [-0.39, 0.29) is 37.9 Å². The minimum Gasteiger partial charge on any atom is -0.479 e. The lowest BCUT2D eigenvalue weighted by molar-refractivity contribution is -0.195. The minimum atomic E-state index is -1.14. The molecule has 1 aromatic rings. The molecule has 0 spiro atoms. The van der Waals surface area contributed by atoms with E-state index < -0.39 is 24.5 Å². The number of carboxylic acid groups (broad SMARTS) is 1. The van der Waals surface area contributed by atoms with Crippen LogP contribution in [0.5, 0.6) is 5.75 Å². The molecule has 4 N–H and O–H groups in total. The highest BCUT2D eigenvalue weighted by atomic mass is 16.7. The molecule has 0 amide bonds. The summed E-state index contributed by atoms with van der Waals surface area (Å²) >= 11 is 0. The number of aliphatic carboxylic acids is 1. The Labute approximate surface area is 151 Å². The zero-order chi connectivity index (χ0) is 19.3. The van der Waals surface area contributed by atoms with Crippen LogP contribution >= 0.6 is 0 Å². The largest absolute Gasteiger partial charge is 0.479 e. The number of nitrogens with two attached hydrogens (primary N) is 1. The van der Waals surface area contributed by atoms with Gasteiger partial charge in [0, 0.05) is 24.9 Å². The molecule has 0 aliphatic carbocycles. The molecule has 1 fully saturated rings. The maximum Gasteiger partial charge on any atom is 0.333 e. The van der Waals surface area contributed by atoms with Crippen LogP contribution in [-0.4, -0.2) is 40.6 Å². The predicted molar refractivity (Wildman–Crippen MR) is 91.1 cm³/mol. The highest BCUT2D eigenvalue weighted by Gasteiger charge is 2.34. The molecule has 1 saturated heterocycles. The third-order valence-corrected chi connectivity index (χ3v) is 4.00. The van der Waals surface area contributed by atoms with Crippen LogP contribution in [0.15, 0.2) is 18.2 Å². The third kappa shape index (κ3) is 5.42. The van der Waals surface area contributed by atoms with E-state index in [9.17, 15) is 14.7 Å². The Morgan fingerprint density at radius 1 is 1.35 bits per heavy atom. The van der Waals surface area contributed by atoms with Gasteiger partial charge in [0.25, 0.3) is 0 Å². The fourth-order valence-corrected chi connectivity index (χ4v) is 2.55. The molecule has 144 valence electrons. The van der Waals surface area contributed by atoms with E-state index in [2.05, 4.69) is 0 Å². The zero-order valence-corrected chi connectivity index (χ0v) is 14.9. The molecule has 0 aromatic heterocycles. The number of esters is 1. The highest BCUT2D eigenvalue weighted by Crippen LogP contribution is 2.27. The summed E-state index contributed by atoms with van der Waals surface area (Å²) in [6.07, 6.45) is -2.61. The van der Waals surface area contributed by atoms with E-state index in [0.717, 1.165) is 5.56 Å². The first-order valence-corrected chi connectivity index (χ1v) is 8.51. The molecule has 1 aliphatic heterocycles. The summed E-state index contributed by atoms with van der Waals surface area (Å²) < 4.78 is 16.3. The molecule has 1 heterocycles. The van der Waals surface area contributed by atoms with Crippen LogP contribution in [0.1, 0.15) is 37.8 Å². The number of aliphatic hydroxyl groups is 1. The number of benzene rings is 1. The number of ether oxygens (including phenoxy) is 3. The zero-order valence-electron chi connectivity index (χ0n) is 14.9. The summed E-state index contributed by atoms with van der Waals surface area (Å²) in [5.41, 5.74) is 7.19. The van der Waals surface area contributed by atoms with Gasteiger partial charge >= 0.3 is 11.9 Å². The van der Waals surface area contributed by atoms with E-state index in [1.54, 1.807) is 32.0 Å². The lowest BCUT2D eigenvalue weighted by atomic mass is 10.1. The average Bonchev–Trinajstić information content (AvgIpc) is 2.59. The van der Waals surface area contributed by atoms with Crippen molar-refractivity contribution in [3.8, 4) is 5.75 Å². The van der Waals surface area contributed by atoms with Gasteiger partial charge in [0.15, 0.2) is 6.10 Å². The smallest absolute Gasteiger partial charge is 0.333 e. The number of hydrogen-bond acceptors (Lipinski definition) is 7. The van der Waals surface area contributed by atoms with Crippen LogP contribution in [-0.2, 0) is 32.2 Å². The summed E-state index contributed by atoms with van der Waals surface area (Å²) in [6.45, 7) is 3.82. The second kappa shape index (κ2) is 8.98. The molecule has 26 heavy (non-hydrogen) atoms. The average molecular weight is 367 g/mol. The molecular weight excluding hydrogens is 342 g/mol. The van der Waals surface area contributed by atoms with Crippen molar-refractivity contribution in [3.05, 3.63) is 29.3 Å². The first kappa shape index (κ1) is 20.2. The van der Waals surface area contributed by atoms with Crippen molar-refractivity contribution in [1.82, 2.24) is 0 Å². The Bertz CT molecular complexity index is 646. The predicted octanol–water partition coefficient (Wildman–Crippen LogP) is 1.17. The van der Waals surface area contributed by atoms with Gasteiger partial charge in [-0.15, -0.1) is 0 Å². The number of hydrogen-bond donors (Lipinski definition) is 3. The van der Waals surface area contributed by atoms with Crippen LogP contribution in [0.4, 0.5) is 0 Å². The van der Waals surface area contributed by atoms with Gasteiger partial charge in [-0.25, -0.2) is 4.79 Å². The molecule has 0 saturated carbocycles. The van der Waals surface area contributed by atoms with Crippen LogP contribution in [0.2, 0.25) is 0 Å². The summed E-state index contributed by atoms with van der Waals surface area (Å²) in [6, 6.07) is 5.16. The SMILES string of the molecule is CC(C)C(=O)OCc1ccc(OC2CC(O)CC(C(=O)O)O2)c(CN)c1. The molecule has 8 nitrogen and oxygen atoms in total. The highest BCUT2D eigenvalue weighted by molar-refractivity contribution is 5.72. The van der Waals surface area contributed by atoms with Crippen LogP contribution in [0.25, 0.3) is 0 Å². The fourth-order valence-electron chi connectivity index (χ4n) is 2.55. The normalized spacial score (nSPS) is 22.9. The van der Waals surface area contributed by atoms with Gasteiger partial charge in [0.1, 0.15) is 12.4 Å². The maximum atomic E-state index is 11.6. The second-order valence-corrected chi connectivity index (χ2v) is 6.54. The van der Waals surface area contributed by atoms with Gasteiger partial charge in [0.2, 0.25) is 6.29 Å². The van der Waals surface area contributed by atoms with Crippen molar-refractivity contribution in [2.75, 3.05) is 0 Å². The van der Waals surface area contributed by atoms with Gasteiger partial charge in [-0.3, -0.25) is 4.79 Å². The number of carboxylic acids is 1. The van der Waals surface area contributed by atoms with Crippen molar-refractivity contribution < 1.29 is 34.0 Å². The number of carbonyl (C=O) groups is 2. The van der Waals surface area contributed by atoms with E-state index >= 15 is 0 Å². The summed E-state index contributed by atoms with van der Waals surface area (Å²) in [5, 5.41) is 18.9.